The third kappa shape index (κ3) is 48.0. The quantitative estimate of drug-likeness (QED) is 0.0150. The number of ether oxygens (including phenoxy) is 2. The average molecular weight is 1140 g/mol. The number of unbranched alkanes of at least 4 members (excludes halogenated alkanes) is 22. The number of esters is 2. The largest absolute Gasteiger partial charge is 0.472 e. The Morgan fingerprint density at radius 2 is 1.11 bits per heavy atom. The summed E-state index contributed by atoms with van der Waals surface area (Å²) in [6.07, 6.45) is 57.5. The zero-order chi connectivity index (χ0) is 59.4. The van der Waals surface area contributed by atoms with Crippen molar-refractivity contribution in [1.29, 1.82) is 0 Å². The van der Waals surface area contributed by atoms with Crippen molar-refractivity contribution in [3.05, 3.63) is 83.1 Å². The first kappa shape index (κ1) is 76.4. The van der Waals surface area contributed by atoms with E-state index in [0.717, 1.165) is 76.2 Å². The molecular formula is C68H118NO10P. The molecule has 1 rings (SSSR count). The summed E-state index contributed by atoms with van der Waals surface area (Å²) in [5, 5.41) is 2.60. The fourth-order valence-electron chi connectivity index (χ4n) is 9.43. The highest BCUT2D eigenvalue weighted by atomic mass is 31.2. The molecule has 2 atom stereocenters. The van der Waals surface area contributed by atoms with Crippen molar-refractivity contribution in [1.82, 2.24) is 5.32 Å². The van der Waals surface area contributed by atoms with Gasteiger partial charge in [-0.25, -0.2) is 4.57 Å². The number of phosphoric acid groups is 1. The number of nitrogens with one attached hydrogen (secondary N) is 1. The van der Waals surface area contributed by atoms with E-state index in [1.165, 1.54) is 126 Å². The summed E-state index contributed by atoms with van der Waals surface area (Å²) in [7, 11) is -4.50. The predicted octanol–water partition coefficient (Wildman–Crippen LogP) is 19.5. The van der Waals surface area contributed by atoms with E-state index in [1.807, 2.05) is 32.9 Å². The average Bonchev–Trinajstić information content (AvgIpc) is 3.40. The van der Waals surface area contributed by atoms with Gasteiger partial charge in [-0.3, -0.25) is 28.2 Å². The number of carbonyl (C=O) groups excluding carboxylic acids is 4. The van der Waals surface area contributed by atoms with Gasteiger partial charge in [0.15, 0.2) is 11.9 Å². The van der Waals surface area contributed by atoms with Gasteiger partial charge in [0.1, 0.15) is 6.61 Å². The van der Waals surface area contributed by atoms with Gasteiger partial charge >= 0.3 is 19.8 Å². The Bertz CT molecular complexity index is 1890. The molecule has 0 saturated heterocycles. The van der Waals surface area contributed by atoms with Crippen molar-refractivity contribution in [2.45, 2.75) is 293 Å². The van der Waals surface area contributed by atoms with Crippen LogP contribution in [0, 0.1) is 5.41 Å². The minimum absolute atomic E-state index is 0.0507. The molecule has 0 spiro atoms. The molecule has 0 aromatic rings. The van der Waals surface area contributed by atoms with E-state index < -0.39 is 32.5 Å². The van der Waals surface area contributed by atoms with Crippen LogP contribution in [0.4, 0.5) is 0 Å². The molecule has 1 aliphatic carbocycles. The van der Waals surface area contributed by atoms with Crippen LogP contribution in [0.1, 0.15) is 287 Å². The van der Waals surface area contributed by atoms with Gasteiger partial charge in [0.25, 0.3) is 0 Å². The lowest BCUT2D eigenvalue weighted by Crippen LogP contribution is -2.30. The first-order valence-electron chi connectivity index (χ1n) is 32.0. The Hall–Kier alpha value is -3.63. The van der Waals surface area contributed by atoms with Crippen LogP contribution in [0.2, 0.25) is 0 Å². The predicted molar refractivity (Wildman–Crippen MR) is 335 cm³/mol. The lowest BCUT2D eigenvalue weighted by Gasteiger charge is -2.32. The van der Waals surface area contributed by atoms with Gasteiger partial charge in [-0.1, -0.05) is 210 Å². The molecule has 460 valence electrons. The molecule has 0 saturated carbocycles. The monoisotopic (exact) mass is 1140 g/mol. The summed E-state index contributed by atoms with van der Waals surface area (Å²) in [6.45, 7) is 18.5. The molecular weight excluding hydrogens is 1020 g/mol. The van der Waals surface area contributed by atoms with Crippen LogP contribution in [0.5, 0.6) is 0 Å². The number of ketones is 1. The molecule has 0 aromatic carbocycles. The Kier molecular flexibility index (Phi) is 49.8. The third-order valence-corrected chi connectivity index (χ3v) is 15.2. The SMILES string of the molecule is CCCC(=O)/C=C(C)/C=C/C=C(C)/C=C/C1=C(C)CCCC1(C)C.CCCCCCCC/C=C\CCCCCCCC(=O)OC[C@H](COP(=O)(O)OCCNC(=O)CCC)OC(=O)CCCCCCC/C=C\CCCCCCCC. The first-order chi connectivity index (χ1) is 38.5. The number of hydrogen-bond acceptors (Lipinski definition) is 9. The summed E-state index contributed by atoms with van der Waals surface area (Å²) in [5.41, 5.74) is 5.54. The number of phosphoric ester groups is 1. The maximum absolute atomic E-state index is 12.7. The highest BCUT2D eigenvalue weighted by Gasteiger charge is 2.27. The Morgan fingerprint density at radius 1 is 0.613 bits per heavy atom. The van der Waals surface area contributed by atoms with Crippen LogP contribution in [-0.2, 0) is 42.3 Å². The fraction of sp³-hybridized carbons (Fsp3) is 0.735. The number of rotatable bonds is 49. The molecule has 0 fully saturated rings. The van der Waals surface area contributed by atoms with Gasteiger partial charge in [-0.2, -0.15) is 0 Å². The molecule has 0 radical (unpaired) electrons. The van der Waals surface area contributed by atoms with Crippen LogP contribution in [0.25, 0.3) is 0 Å². The van der Waals surface area contributed by atoms with E-state index in [9.17, 15) is 28.6 Å². The van der Waals surface area contributed by atoms with Crippen molar-refractivity contribution in [2.24, 2.45) is 5.41 Å². The lowest BCUT2D eigenvalue weighted by atomic mass is 9.72. The Labute approximate surface area is 489 Å². The maximum Gasteiger partial charge on any atom is 0.472 e. The molecule has 80 heavy (non-hydrogen) atoms. The summed E-state index contributed by atoms with van der Waals surface area (Å²) >= 11 is 0. The van der Waals surface area contributed by atoms with Gasteiger partial charge in [0, 0.05) is 32.2 Å². The zero-order valence-corrected chi connectivity index (χ0v) is 53.4. The second-order valence-electron chi connectivity index (χ2n) is 22.8. The molecule has 0 bridgehead atoms. The standard InChI is InChI=1S/C45H84NO9P.C23H34O/c1-4-7-9-11-13-15-17-19-21-23-25-27-29-31-33-36-44(48)52-40-42(41-54-56(50,51)53-39-38-46-43(47)35-6-3)55-45(49)37-34-32-30-28-26-24-22-20-18-16-14-12-10-8-5-2;1-7-10-21(24)17-19(3)12-8-11-18(2)14-15-22-20(4)13-9-16-23(22,5)6/h19-22,42H,4-18,23-41H2,1-3H3,(H,46,47)(H,50,51);8,11-12,14-15,17H,7,9-10,13,16H2,1-6H3/b21-19-,22-20-;12-8+,15-14+,18-11+,19-17+/t42-;/m1./s1. The number of carbonyl (C=O) groups is 4. The fourth-order valence-corrected chi connectivity index (χ4v) is 10.2. The molecule has 2 N–H and O–H groups in total. The maximum atomic E-state index is 12.7. The van der Waals surface area contributed by atoms with E-state index in [2.05, 4.69) is 89.4 Å². The van der Waals surface area contributed by atoms with Gasteiger partial charge < -0.3 is 19.7 Å². The highest BCUT2D eigenvalue weighted by Crippen LogP contribution is 2.43. The van der Waals surface area contributed by atoms with Crippen LogP contribution >= 0.6 is 7.82 Å². The minimum atomic E-state index is -4.50. The normalized spacial score (nSPS) is 15.2. The van der Waals surface area contributed by atoms with Gasteiger partial charge in [0.2, 0.25) is 5.91 Å². The Balaban J connectivity index is 0.00000215. The second-order valence-corrected chi connectivity index (χ2v) is 24.3. The van der Waals surface area contributed by atoms with E-state index in [1.54, 1.807) is 6.08 Å². The topological polar surface area (TPSA) is 155 Å². The molecule has 1 amide bonds. The molecule has 0 heterocycles. The van der Waals surface area contributed by atoms with Crippen molar-refractivity contribution in [2.75, 3.05) is 26.4 Å². The number of allylic oxidation sites excluding steroid dienone is 14. The van der Waals surface area contributed by atoms with Crippen LogP contribution in [0.15, 0.2) is 83.1 Å². The summed E-state index contributed by atoms with van der Waals surface area (Å²) < 4.78 is 33.4. The van der Waals surface area contributed by atoms with Crippen molar-refractivity contribution in [3.8, 4) is 0 Å². The van der Waals surface area contributed by atoms with Crippen LogP contribution in [0.3, 0.4) is 0 Å². The number of amides is 1. The van der Waals surface area contributed by atoms with Crippen molar-refractivity contribution >= 4 is 31.5 Å². The van der Waals surface area contributed by atoms with Crippen molar-refractivity contribution < 1.29 is 47.2 Å². The summed E-state index contributed by atoms with van der Waals surface area (Å²) in [4.78, 5) is 58.5. The minimum Gasteiger partial charge on any atom is -0.462 e. The molecule has 1 unspecified atom stereocenters. The van der Waals surface area contributed by atoms with Gasteiger partial charge in [-0.05, 0) is 140 Å². The summed E-state index contributed by atoms with van der Waals surface area (Å²) in [6, 6.07) is 0. The van der Waals surface area contributed by atoms with E-state index >= 15 is 0 Å². The smallest absolute Gasteiger partial charge is 0.462 e. The Morgan fingerprint density at radius 3 is 1.62 bits per heavy atom. The molecule has 0 aromatic heterocycles. The van der Waals surface area contributed by atoms with Crippen LogP contribution < -0.4 is 5.32 Å². The van der Waals surface area contributed by atoms with E-state index in [-0.39, 0.29) is 49.7 Å². The lowest BCUT2D eigenvalue weighted by molar-refractivity contribution is -0.161. The molecule has 12 heteroatoms. The zero-order valence-electron chi connectivity index (χ0n) is 52.5. The van der Waals surface area contributed by atoms with Crippen molar-refractivity contribution in [3.63, 3.8) is 0 Å². The first-order valence-corrected chi connectivity index (χ1v) is 33.5. The molecule has 1 aliphatic rings. The van der Waals surface area contributed by atoms with Gasteiger partial charge in [0.05, 0.1) is 13.2 Å². The summed E-state index contributed by atoms with van der Waals surface area (Å²) in [5.74, 6) is -0.849. The third-order valence-electron chi connectivity index (χ3n) is 14.3. The van der Waals surface area contributed by atoms with E-state index in [4.69, 9.17) is 18.5 Å². The van der Waals surface area contributed by atoms with Gasteiger partial charge in [-0.15, -0.1) is 0 Å². The molecule has 11 nitrogen and oxygen atoms in total. The highest BCUT2D eigenvalue weighted by molar-refractivity contribution is 7.47. The van der Waals surface area contributed by atoms with E-state index in [0.29, 0.717) is 32.1 Å². The van der Waals surface area contributed by atoms with Crippen LogP contribution in [-0.4, -0.2) is 61.0 Å². The second kappa shape index (κ2) is 52.2. The molecule has 0 aliphatic heterocycles. The number of hydrogen-bond donors (Lipinski definition) is 2.